The molecule has 0 unspecified atom stereocenters. The lowest BCUT2D eigenvalue weighted by atomic mass is 10.1. The molecule has 2 aromatic rings. The Hall–Kier alpha value is -2.29. The van der Waals surface area contributed by atoms with E-state index in [2.05, 4.69) is 23.6 Å². The maximum Gasteiger partial charge on any atom is 0.243 e. The maximum atomic E-state index is 12.0. The molecule has 2 aromatic carbocycles. The first-order valence-electron chi connectivity index (χ1n) is 6.96. The van der Waals surface area contributed by atoms with Gasteiger partial charge in [-0.2, -0.15) is 0 Å². The van der Waals surface area contributed by atoms with Crippen LogP contribution in [0.3, 0.4) is 0 Å². The van der Waals surface area contributed by atoms with Crippen LogP contribution in [-0.2, 0) is 11.2 Å². The van der Waals surface area contributed by atoms with E-state index in [1.54, 1.807) is 0 Å². The second-order valence-corrected chi connectivity index (χ2v) is 4.67. The number of para-hydroxylation sites is 2. The van der Waals surface area contributed by atoms with E-state index in [9.17, 15) is 4.79 Å². The van der Waals surface area contributed by atoms with Gasteiger partial charge in [-0.3, -0.25) is 4.79 Å². The Balaban J connectivity index is 1.91. The van der Waals surface area contributed by atoms with E-state index in [1.165, 1.54) is 5.56 Å². The molecule has 0 radical (unpaired) electrons. The Kier molecular flexibility index (Phi) is 5.18. The van der Waals surface area contributed by atoms with Gasteiger partial charge < -0.3 is 10.6 Å². The quantitative estimate of drug-likeness (QED) is 0.839. The lowest BCUT2D eigenvalue weighted by Crippen LogP contribution is -2.22. The number of carbonyl (C=O) groups is 1. The fourth-order valence-corrected chi connectivity index (χ4v) is 2.06. The van der Waals surface area contributed by atoms with E-state index in [0.717, 1.165) is 24.2 Å². The normalized spacial score (nSPS) is 10.1. The summed E-state index contributed by atoms with van der Waals surface area (Å²) in [6.07, 6.45) is 2.04. The third-order valence-electron chi connectivity index (χ3n) is 3.04. The molecule has 20 heavy (non-hydrogen) atoms. The SMILES string of the molecule is CCCc1ccccc1NC(=O)CNc1ccccc1. The Morgan fingerprint density at radius 3 is 2.45 bits per heavy atom. The second kappa shape index (κ2) is 7.34. The standard InChI is InChI=1S/C17H20N2O/c1-2-8-14-9-6-7-12-16(14)19-17(20)13-18-15-10-4-3-5-11-15/h3-7,9-12,18H,2,8,13H2,1H3,(H,19,20). The number of rotatable bonds is 6. The third-order valence-corrected chi connectivity index (χ3v) is 3.04. The molecule has 0 heterocycles. The molecule has 1 amide bonds. The first kappa shape index (κ1) is 14.1. The van der Waals surface area contributed by atoms with Crippen LogP contribution in [0, 0.1) is 0 Å². The lowest BCUT2D eigenvalue weighted by molar-refractivity contribution is -0.114. The van der Waals surface area contributed by atoms with Gasteiger partial charge in [0, 0.05) is 11.4 Å². The zero-order chi connectivity index (χ0) is 14.2. The van der Waals surface area contributed by atoms with Crippen molar-refractivity contribution in [1.82, 2.24) is 0 Å². The van der Waals surface area contributed by atoms with Crippen molar-refractivity contribution < 1.29 is 4.79 Å². The maximum absolute atomic E-state index is 12.0. The van der Waals surface area contributed by atoms with Gasteiger partial charge >= 0.3 is 0 Å². The van der Waals surface area contributed by atoms with Gasteiger partial charge in [-0.25, -0.2) is 0 Å². The first-order chi connectivity index (χ1) is 9.79. The van der Waals surface area contributed by atoms with Gasteiger partial charge in [0.1, 0.15) is 0 Å². The molecule has 0 bridgehead atoms. The zero-order valence-electron chi connectivity index (χ0n) is 11.7. The van der Waals surface area contributed by atoms with Gasteiger partial charge in [-0.05, 0) is 30.2 Å². The van der Waals surface area contributed by atoms with E-state index in [-0.39, 0.29) is 12.5 Å². The van der Waals surface area contributed by atoms with Crippen LogP contribution in [0.1, 0.15) is 18.9 Å². The number of nitrogens with one attached hydrogen (secondary N) is 2. The molecule has 0 fully saturated rings. The highest BCUT2D eigenvalue weighted by atomic mass is 16.1. The van der Waals surface area contributed by atoms with Crippen LogP contribution >= 0.6 is 0 Å². The average molecular weight is 268 g/mol. The average Bonchev–Trinajstić information content (AvgIpc) is 2.49. The summed E-state index contributed by atoms with van der Waals surface area (Å²) in [5.74, 6) is -0.0302. The molecule has 0 atom stereocenters. The van der Waals surface area contributed by atoms with Crippen molar-refractivity contribution in [2.45, 2.75) is 19.8 Å². The molecule has 104 valence electrons. The smallest absolute Gasteiger partial charge is 0.243 e. The van der Waals surface area contributed by atoms with Crippen LogP contribution in [0.15, 0.2) is 54.6 Å². The van der Waals surface area contributed by atoms with Gasteiger partial charge in [0.25, 0.3) is 0 Å². The third kappa shape index (κ3) is 4.12. The minimum absolute atomic E-state index is 0.0302. The number of benzene rings is 2. The summed E-state index contributed by atoms with van der Waals surface area (Å²) >= 11 is 0. The molecular formula is C17H20N2O. The van der Waals surface area contributed by atoms with Crippen molar-refractivity contribution in [3.8, 4) is 0 Å². The second-order valence-electron chi connectivity index (χ2n) is 4.67. The largest absolute Gasteiger partial charge is 0.376 e. The number of carbonyl (C=O) groups excluding carboxylic acids is 1. The molecule has 0 spiro atoms. The highest BCUT2D eigenvalue weighted by Crippen LogP contribution is 2.16. The van der Waals surface area contributed by atoms with Crippen LogP contribution in [0.4, 0.5) is 11.4 Å². The Morgan fingerprint density at radius 1 is 1.00 bits per heavy atom. The minimum Gasteiger partial charge on any atom is -0.376 e. The molecule has 0 aromatic heterocycles. The van der Waals surface area contributed by atoms with E-state index in [1.807, 2.05) is 48.5 Å². The predicted molar refractivity (Wildman–Crippen MR) is 84.0 cm³/mol. The Bertz CT molecular complexity index is 552. The number of hydrogen-bond acceptors (Lipinski definition) is 2. The van der Waals surface area contributed by atoms with Crippen LogP contribution in [0.25, 0.3) is 0 Å². The van der Waals surface area contributed by atoms with Crippen molar-refractivity contribution in [2.75, 3.05) is 17.2 Å². The Morgan fingerprint density at radius 2 is 1.70 bits per heavy atom. The van der Waals surface area contributed by atoms with Gasteiger partial charge in [0.15, 0.2) is 0 Å². The predicted octanol–water partition coefficient (Wildman–Crippen LogP) is 3.69. The summed E-state index contributed by atoms with van der Waals surface area (Å²) in [4.78, 5) is 12.0. The van der Waals surface area contributed by atoms with Crippen molar-refractivity contribution in [3.63, 3.8) is 0 Å². The highest BCUT2D eigenvalue weighted by molar-refractivity contribution is 5.94. The van der Waals surface area contributed by atoms with Crippen LogP contribution < -0.4 is 10.6 Å². The van der Waals surface area contributed by atoms with E-state index >= 15 is 0 Å². The minimum atomic E-state index is -0.0302. The van der Waals surface area contributed by atoms with Crippen LogP contribution in [0.5, 0.6) is 0 Å². The van der Waals surface area contributed by atoms with Crippen LogP contribution in [-0.4, -0.2) is 12.5 Å². The summed E-state index contributed by atoms with van der Waals surface area (Å²) in [6.45, 7) is 2.40. The molecule has 2 N–H and O–H groups in total. The van der Waals surface area contributed by atoms with Crippen molar-refractivity contribution in [2.24, 2.45) is 0 Å². The number of aryl methyl sites for hydroxylation is 1. The molecule has 0 saturated carbocycles. The van der Waals surface area contributed by atoms with Gasteiger partial charge in [-0.15, -0.1) is 0 Å². The summed E-state index contributed by atoms with van der Waals surface area (Å²) in [5, 5.41) is 6.07. The molecule has 0 aliphatic carbocycles. The molecule has 2 rings (SSSR count). The molecular weight excluding hydrogens is 248 g/mol. The molecule has 0 saturated heterocycles. The zero-order valence-corrected chi connectivity index (χ0v) is 11.7. The molecule has 0 aliphatic heterocycles. The van der Waals surface area contributed by atoms with Crippen molar-refractivity contribution in [3.05, 3.63) is 60.2 Å². The molecule has 3 heteroatoms. The number of hydrogen-bond donors (Lipinski definition) is 2. The lowest BCUT2D eigenvalue weighted by Gasteiger charge is -2.11. The topological polar surface area (TPSA) is 41.1 Å². The van der Waals surface area contributed by atoms with Crippen molar-refractivity contribution in [1.29, 1.82) is 0 Å². The first-order valence-corrected chi connectivity index (χ1v) is 6.96. The van der Waals surface area contributed by atoms with Gasteiger partial charge in [0.2, 0.25) is 5.91 Å². The summed E-state index contributed by atoms with van der Waals surface area (Å²) in [5.41, 5.74) is 3.04. The van der Waals surface area contributed by atoms with Crippen molar-refractivity contribution >= 4 is 17.3 Å². The number of amides is 1. The summed E-state index contributed by atoms with van der Waals surface area (Å²) in [6, 6.07) is 17.7. The van der Waals surface area contributed by atoms with Crippen LogP contribution in [0.2, 0.25) is 0 Å². The highest BCUT2D eigenvalue weighted by Gasteiger charge is 2.05. The fraction of sp³-hybridized carbons (Fsp3) is 0.235. The fourth-order valence-electron chi connectivity index (χ4n) is 2.06. The summed E-state index contributed by atoms with van der Waals surface area (Å²) in [7, 11) is 0. The van der Waals surface area contributed by atoms with E-state index in [0.29, 0.717) is 0 Å². The van der Waals surface area contributed by atoms with E-state index in [4.69, 9.17) is 0 Å². The van der Waals surface area contributed by atoms with Gasteiger partial charge in [0.05, 0.1) is 6.54 Å². The molecule has 3 nitrogen and oxygen atoms in total. The molecule has 0 aliphatic rings. The monoisotopic (exact) mass is 268 g/mol. The number of anilines is 2. The van der Waals surface area contributed by atoms with E-state index < -0.39 is 0 Å². The summed E-state index contributed by atoms with van der Waals surface area (Å²) < 4.78 is 0. The van der Waals surface area contributed by atoms with Gasteiger partial charge in [-0.1, -0.05) is 49.7 Å². The Labute approximate surface area is 120 Å².